The summed E-state index contributed by atoms with van der Waals surface area (Å²) in [5.41, 5.74) is 9.85. The van der Waals surface area contributed by atoms with E-state index in [9.17, 15) is 0 Å². The first-order valence-electron chi connectivity index (χ1n) is 22.4. The number of benzene rings is 11. The lowest BCUT2D eigenvalue weighted by Gasteiger charge is -2.36. The van der Waals surface area contributed by atoms with Crippen molar-refractivity contribution >= 4 is 94.1 Å². The molecule has 65 heavy (non-hydrogen) atoms. The summed E-state index contributed by atoms with van der Waals surface area (Å²) in [5.74, 6) is 0. The first kappa shape index (κ1) is 37.3. The number of aromatic nitrogens is 1. The van der Waals surface area contributed by atoms with Crippen molar-refractivity contribution in [3.63, 3.8) is 0 Å². The fraction of sp³-hybridized carbons (Fsp3) is 0. The van der Waals surface area contributed by atoms with E-state index in [-0.39, 0.29) is 0 Å². The van der Waals surface area contributed by atoms with Crippen molar-refractivity contribution in [2.75, 3.05) is 0 Å². The van der Waals surface area contributed by atoms with E-state index >= 15 is 0 Å². The molecule has 0 fully saturated rings. The predicted molar refractivity (Wildman–Crippen MR) is 278 cm³/mol. The monoisotopic (exact) mass is 843 g/mol. The molecule has 0 unspecified atom stereocenters. The normalized spacial score (nSPS) is 12.0. The highest BCUT2D eigenvalue weighted by Gasteiger charge is 2.43. The molecule has 2 aromatic heterocycles. The van der Waals surface area contributed by atoms with Gasteiger partial charge in [-0.05, 0) is 60.2 Å². The van der Waals surface area contributed by atoms with Crippen molar-refractivity contribution in [2.24, 2.45) is 0 Å². The third-order valence-corrected chi connectivity index (χ3v) is 18.4. The molecule has 0 bridgehead atoms. The fourth-order valence-corrected chi connectivity index (χ4v) is 15.6. The molecule has 0 N–H and O–H groups in total. The maximum absolute atomic E-state index is 6.70. The maximum Gasteiger partial charge on any atom is 0.179 e. The highest BCUT2D eigenvalue weighted by Crippen LogP contribution is 2.45. The van der Waals surface area contributed by atoms with Crippen molar-refractivity contribution in [2.45, 2.75) is 0 Å². The molecule has 2 heterocycles. The predicted octanol–water partition coefficient (Wildman–Crippen LogP) is 13.7. The topological polar surface area (TPSA) is 18.1 Å². The van der Waals surface area contributed by atoms with Crippen LogP contribution in [0.4, 0.5) is 0 Å². The molecular weight excluding hydrogens is 803 g/mol. The Labute approximate surface area is 377 Å². The Kier molecular flexibility index (Phi) is 8.58. The standard InChI is InChI=1S/C62H41NOSi/c1-5-20-43(21-6-1)54-38-50(65(47-26-9-3-10-27-47,48-28-11-4-12-29-48)49-35-33-42-19-13-14-25-46(42)37-49)39-55(44-22-7-2-8-23-44)62(54)63-58-41-60-57(52-31-17-18-32-59(52)64-60)40-56(58)53-36-34-45-24-15-16-30-51(45)61(53)63/h1-41H. The van der Waals surface area contributed by atoms with Crippen LogP contribution in [-0.2, 0) is 0 Å². The Hall–Kier alpha value is -8.24. The highest BCUT2D eigenvalue weighted by atomic mass is 28.3. The summed E-state index contributed by atoms with van der Waals surface area (Å²) >= 11 is 0. The van der Waals surface area contributed by atoms with Gasteiger partial charge in [0.05, 0.1) is 16.7 Å². The zero-order chi connectivity index (χ0) is 42.9. The lowest BCUT2D eigenvalue weighted by atomic mass is 9.95. The van der Waals surface area contributed by atoms with Gasteiger partial charge in [0.1, 0.15) is 11.2 Å². The second-order valence-electron chi connectivity index (χ2n) is 17.2. The molecule has 0 aliphatic rings. The number of para-hydroxylation sites is 1. The number of hydrogen-bond donors (Lipinski definition) is 0. The van der Waals surface area contributed by atoms with Gasteiger partial charge in [0, 0.05) is 44.1 Å². The Morgan fingerprint density at radius 1 is 0.308 bits per heavy atom. The van der Waals surface area contributed by atoms with Gasteiger partial charge in [-0.25, -0.2) is 0 Å². The molecule has 13 rings (SSSR count). The highest BCUT2D eigenvalue weighted by molar-refractivity contribution is 7.20. The second-order valence-corrected chi connectivity index (χ2v) is 21.0. The van der Waals surface area contributed by atoms with Crippen LogP contribution in [0.25, 0.3) is 93.2 Å². The molecule has 2 nitrogen and oxygen atoms in total. The summed E-state index contributed by atoms with van der Waals surface area (Å²) in [6.45, 7) is 0. The van der Waals surface area contributed by atoms with Crippen molar-refractivity contribution in [3.05, 3.63) is 249 Å². The number of nitrogens with zero attached hydrogens (tertiary/aromatic N) is 1. The molecule has 11 aromatic carbocycles. The van der Waals surface area contributed by atoms with Crippen LogP contribution < -0.4 is 20.7 Å². The summed E-state index contributed by atoms with van der Waals surface area (Å²) in [5, 5.41) is 14.9. The molecule has 0 spiro atoms. The molecule has 0 saturated carbocycles. The van der Waals surface area contributed by atoms with E-state index in [1.165, 1.54) is 69.7 Å². The molecular formula is C62H41NOSi. The van der Waals surface area contributed by atoms with Crippen molar-refractivity contribution in [1.29, 1.82) is 0 Å². The van der Waals surface area contributed by atoms with Crippen molar-refractivity contribution in [1.82, 2.24) is 4.57 Å². The third-order valence-electron chi connectivity index (χ3n) is 13.7. The summed E-state index contributed by atoms with van der Waals surface area (Å²) in [4.78, 5) is 0. The summed E-state index contributed by atoms with van der Waals surface area (Å²) in [6.07, 6.45) is 0. The first-order chi connectivity index (χ1) is 32.2. The van der Waals surface area contributed by atoms with E-state index in [1.807, 2.05) is 0 Å². The third kappa shape index (κ3) is 5.79. The minimum atomic E-state index is -3.08. The molecule has 0 aliphatic carbocycles. The minimum absolute atomic E-state index is 0.877. The Morgan fingerprint density at radius 3 is 1.51 bits per heavy atom. The lowest BCUT2D eigenvalue weighted by Crippen LogP contribution is -2.74. The summed E-state index contributed by atoms with van der Waals surface area (Å²) in [7, 11) is -3.08. The van der Waals surface area contributed by atoms with Gasteiger partial charge in [0.2, 0.25) is 0 Å². The minimum Gasteiger partial charge on any atom is -0.456 e. The van der Waals surface area contributed by atoms with Crippen LogP contribution in [0.5, 0.6) is 0 Å². The van der Waals surface area contributed by atoms with Gasteiger partial charge in [-0.15, -0.1) is 0 Å². The van der Waals surface area contributed by atoms with E-state index in [1.54, 1.807) is 0 Å². The second kappa shape index (κ2) is 14.9. The zero-order valence-corrected chi connectivity index (χ0v) is 36.5. The average molecular weight is 844 g/mol. The Balaban J connectivity index is 1.25. The van der Waals surface area contributed by atoms with Gasteiger partial charge in [-0.1, -0.05) is 231 Å². The van der Waals surface area contributed by atoms with E-state index in [0.717, 1.165) is 44.3 Å². The van der Waals surface area contributed by atoms with Crippen LogP contribution >= 0.6 is 0 Å². The average Bonchev–Trinajstić information content (AvgIpc) is 3.91. The van der Waals surface area contributed by atoms with E-state index in [4.69, 9.17) is 4.42 Å². The first-order valence-corrected chi connectivity index (χ1v) is 24.4. The number of furan rings is 1. The van der Waals surface area contributed by atoms with Crippen LogP contribution in [0.2, 0.25) is 0 Å². The van der Waals surface area contributed by atoms with Crippen LogP contribution in [0.15, 0.2) is 253 Å². The van der Waals surface area contributed by atoms with E-state index < -0.39 is 8.07 Å². The van der Waals surface area contributed by atoms with Crippen molar-refractivity contribution < 1.29 is 4.42 Å². The quantitative estimate of drug-likeness (QED) is 0.115. The molecule has 0 radical (unpaired) electrons. The van der Waals surface area contributed by atoms with Crippen LogP contribution in [0.3, 0.4) is 0 Å². The molecule has 0 aliphatic heterocycles. The lowest BCUT2D eigenvalue weighted by molar-refractivity contribution is 0.669. The van der Waals surface area contributed by atoms with Crippen LogP contribution in [-0.4, -0.2) is 12.6 Å². The number of rotatable bonds is 7. The van der Waals surface area contributed by atoms with Crippen LogP contribution in [0, 0.1) is 0 Å². The van der Waals surface area contributed by atoms with E-state index in [2.05, 4.69) is 253 Å². The summed E-state index contributed by atoms with van der Waals surface area (Å²) in [6, 6.07) is 92.3. The van der Waals surface area contributed by atoms with Gasteiger partial charge in [0.15, 0.2) is 8.07 Å². The van der Waals surface area contributed by atoms with Gasteiger partial charge < -0.3 is 8.98 Å². The molecule has 0 amide bonds. The van der Waals surface area contributed by atoms with E-state index in [0.29, 0.717) is 0 Å². The molecule has 0 atom stereocenters. The van der Waals surface area contributed by atoms with Gasteiger partial charge in [0.25, 0.3) is 0 Å². The van der Waals surface area contributed by atoms with Gasteiger partial charge in [-0.2, -0.15) is 0 Å². The molecule has 0 saturated heterocycles. The Bertz CT molecular complexity index is 3830. The smallest absolute Gasteiger partial charge is 0.179 e. The van der Waals surface area contributed by atoms with Gasteiger partial charge in [-0.3, -0.25) is 0 Å². The maximum atomic E-state index is 6.70. The molecule has 13 aromatic rings. The van der Waals surface area contributed by atoms with Crippen LogP contribution in [0.1, 0.15) is 0 Å². The fourth-order valence-electron chi connectivity index (χ4n) is 10.8. The van der Waals surface area contributed by atoms with Gasteiger partial charge >= 0.3 is 0 Å². The zero-order valence-electron chi connectivity index (χ0n) is 35.5. The SMILES string of the molecule is c1ccc(-c2cc([Si](c3ccccc3)(c3ccccc3)c3ccc4ccccc4c3)cc(-c3ccccc3)c2-n2c3cc4oc5ccccc5c4cc3c3ccc4ccccc4c32)cc1. The number of hydrogen-bond acceptors (Lipinski definition) is 1. The summed E-state index contributed by atoms with van der Waals surface area (Å²) < 4.78 is 9.27. The Morgan fingerprint density at radius 2 is 0.846 bits per heavy atom. The number of fused-ring (bicyclic) bond motifs is 9. The largest absolute Gasteiger partial charge is 0.456 e. The molecule has 304 valence electrons. The molecule has 3 heteroatoms. The van der Waals surface area contributed by atoms with Crippen molar-refractivity contribution in [3.8, 4) is 27.9 Å².